The summed E-state index contributed by atoms with van der Waals surface area (Å²) in [6.07, 6.45) is 1.42. The van der Waals surface area contributed by atoms with Crippen LogP contribution in [0.15, 0.2) is 29.3 Å². The lowest BCUT2D eigenvalue weighted by Crippen LogP contribution is -1.89. The smallest absolute Gasteiger partial charge is 0.196 e. The fraction of sp³-hybridized carbons (Fsp3) is 0.0833. The zero-order valence-corrected chi connectivity index (χ0v) is 9.69. The van der Waals surface area contributed by atoms with Gasteiger partial charge < -0.3 is 0 Å². The average molecular weight is 255 g/mol. The topological polar surface area (TPSA) is 12.4 Å². The van der Waals surface area contributed by atoms with Crippen LogP contribution in [0.25, 0.3) is 0 Å². The molecule has 0 radical (unpaired) electrons. The molecule has 0 saturated carbocycles. The Bertz CT molecular complexity index is 575. The number of benzene rings is 1. The zero-order valence-electron chi connectivity index (χ0n) is 8.88. The van der Waals surface area contributed by atoms with Gasteiger partial charge in [0, 0.05) is 16.0 Å². The third-order valence-corrected chi connectivity index (χ3v) is 3.04. The predicted molar refractivity (Wildman–Crippen MR) is 62.6 cm³/mol. The number of halogens is 3. The molecule has 2 aromatic rings. The normalized spacial score (nSPS) is 11.3. The Labute approximate surface area is 100 Å². The highest BCUT2D eigenvalue weighted by molar-refractivity contribution is 7.13. The fourth-order valence-electron chi connectivity index (χ4n) is 1.27. The van der Waals surface area contributed by atoms with Crippen molar-refractivity contribution in [3.05, 3.63) is 51.5 Å². The van der Waals surface area contributed by atoms with E-state index in [1.807, 2.05) is 19.1 Å². The van der Waals surface area contributed by atoms with Gasteiger partial charge in [-0.3, -0.25) is 4.99 Å². The van der Waals surface area contributed by atoms with Crippen molar-refractivity contribution < 1.29 is 13.2 Å². The third kappa shape index (κ3) is 2.55. The van der Waals surface area contributed by atoms with Gasteiger partial charge in [0.2, 0.25) is 0 Å². The van der Waals surface area contributed by atoms with E-state index in [-0.39, 0.29) is 5.69 Å². The molecule has 5 heteroatoms. The van der Waals surface area contributed by atoms with Gasteiger partial charge in [0.05, 0.1) is 0 Å². The lowest BCUT2D eigenvalue weighted by atomic mass is 10.3. The zero-order chi connectivity index (χ0) is 12.4. The lowest BCUT2D eigenvalue weighted by Gasteiger charge is -1.98. The van der Waals surface area contributed by atoms with Crippen molar-refractivity contribution in [1.29, 1.82) is 0 Å². The SMILES string of the molecule is Cc1ccc(C=Nc2ccc(F)c(F)c2F)s1. The fourth-order valence-corrected chi connectivity index (χ4v) is 2.02. The molecular formula is C12H8F3NS. The minimum Gasteiger partial charge on any atom is -0.252 e. The highest BCUT2D eigenvalue weighted by Gasteiger charge is 2.12. The van der Waals surface area contributed by atoms with Crippen LogP contribution in [0.3, 0.4) is 0 Å². The number of hydrogen-bond acceptors (Lipinski definition) is 2. The van der Waals surface area contributed by atoms with Crippen molar-refractivity contribution >= 4 is 23.2 Å². The summed E-state index contributed by atoms with van der Waals surface area (Å²) >= 11 is 1.48. The van der Waals surface area contributed by atoms with E-state index in [2.05, 4.69) is 4.99 Å². The predicted octanol–water partition coefficient (Wildman–Crippen LogP) is 4.22. The van der Waals surface area contributed by atoms with Crippen molar-refractivity contribution in [2.24, 2.45) is 4.99 Å². The Balaban J connectivity index is 2.30. The number of aryl methyl sites for hydroxylation is 1. The van der Waals surface area contributed by atoms with Crippen LogP contribution in [0, 0.1) is 24.4 Å². The molecule has 0 amide bonds. The molecule has 1 aromatic carbocycles. The summed E-state index contributed by atoms with van der Waals surface area (Å²) in [5, 5.41) is 0. The molecule has 2 rings (SSSR count). The Morgan fingerprint density at radius 2 is 1.82 bits per heavy atom. The first-order valence-corrected chi connectivity index (χ1v) is 5.63. The van der Waals surface area contributed by atoms with E-state index in [9.17, 15) is 13.2 Å². The van der Waals surface area contributed by atoms with E-state index >= 15 is 0 Å². The van der Waals surface area contributed by atoms with Gasteiger partial charge in [-0.05, 0) is 31.2 Å². The quantitative estimate of drug-likeness (QED) is 0.562. The molecule has 0 atom stereocenters. The monoisotopic (exact) mass is 255 g/mol. The van der Waals surface area contributed by atoms with Crippen LogP contribution in [0.1, 0.15) is 9.75 Å². The molecule has 88 valence electrons. The molecule has 0 fully saturated rings. The standard InChI is InChI=1S/C12H8F3NS/c1-7-2-3-8(17-7)6-16-10-5-4-9(13)11(14)12(10)15/h2-6H,1H3. The van der Waals surface area contributed by atoms with Gasteiger partial charge in [-0.25, -0.2) is 13.2 Å². The van der Waals surface area contributed by atoms with Gasteiger partial charge in [0.25, 0.3) is 0 Å². The number of aliphatic imine (C=N–C) groups is 1. The van der Waals surface area contributed by atoms with Crippen LogP contribution < -0.4 is 0 Å². The van der Waals surface area contributed by atoms with Crippen LogP contribution >= 0.6 is 11.3 Å². The minimum atomic E-state index is -1.50. The molecule has 1 heterocycles. The lowest BCUT2D eigenvalue weighted by molar-refractivity contribution is 0.448. The Morgan fingerprint density at radius 3 is 2.47 bits per heavy atom. The van der Waals surface area contributed by atoms with Gasteiger partial charge in [-0.15, -0.1) is 11.3 Å². The maximum atomic E-state index is 13.2. The molecule has 0 unspecified atom stereocenters. The van der Waals surface area contributed by atoms with Gasteiger partial charge >= 0.3 is 0 Å². The van der Waals surface area contributed by atoms with Crippen LogP contribution in [-0.2, 0) is 0 Å². The summed E-state index contributed by atoms with van der Waals surface area (Å²) in [5.41, 5.74) is -0.213. The van der Waals surface area contributed by atoms with Gasteiger partial charge in [-0.1, -0.05) is 0 Å². The van der Waals surface area contributed by atoms with Gasteiger partial charge in [-0.2, -0.15) is 0 Å². The average Bonchev–Trinajstić information content (AvgIpc) is 2.71. The molecular weight excluding hydrogens is 247 g/mol. The molecule has 0 aliphatic carbocycles. The van der Waals surface area contributed by atoms with E-state index in [4.69, 9.17) is 0 Å². The Morgan fingerprint density at radius 1 is 1.06 bits per heavy atom. The number of nitrogens with zero attached hydrogens (tertiary/aromatic N) is 1. The maximum Gasteiger partial charge on any atom is 0.196 e. The van der Waals surface area contributed by atoms with E-state index in [0.717, 1.165) is 21.9 Å². The van der Waals surface area contributed by atoms with Gasteiger partial charge in [0.1, 0.15) is 5.69 Å². The van der Waals surface area contributed by atoms with Crippen molar-refractivity contribution in [3.63, 3.8) is 0 Å². The second kappa shape index (κ2) is 4.71. The van der Waals surface area contributed by atoms with Crippen LogP contribution in [0.4, 0.5) is 18.9 Å². The summed E-state index contributed by atoms with van der Waals surface area (Å²) in [4.78, 5) is 5.72. The van der Waals surface area contributed by atoms with E-state index in [1.54, 1.807) is 0 Å². The number of hydrogen-bond donors (Lipinski definition) is 0. The highest BCUT2D eigenvalue weighted by Crippen LogP contribution is 2.22. The van der Waals surface area contributed by atoms with Crippen molar-refractivity contribution in [2.45, 2.75) is 6.92 Å². The Kier molecular flexibility index (Phi) is 3.28. The first kappa shape index (κ1) is 11.9. The summed E-state index contributed by atoms with van der Waals surface area (Å²) in [6, 6.07) is 5.67. The first-order chi connectivity index (χ1) is 8.08. The van der Waals surface area contributed by atoms with Crippen LogP contribution in [0.5, 0.6) is 0 Å². The van der Waals surface area contributed by atoms with Crippen molar-refractivity contribution in [1.82, 2.24) is 0 Å². The first-order valence-electron chi connectivity index (χ1n) is 4.82. The van der Waals surface area contributed by atoms with Crippen molar-refractivity contribution in [3.8, 4) is 0 Å². The van der Waals surface area contributed by atoms with Crippen LogP contribution in [0.2, 0.25) is 0 Å². The second-order valence-electron chi connectivity index (χ2n) is 3.40. The molecule has 0 bridgehead atoms. The molecule has 0 N–H and O–H groups in total. The molecule has 0 aliphatic heterocycles. The summed E-state index contributed by atoms with van der Waals surface area (Å²) in [7, 11) is 0. The van der Waals surface area contributed by atoms with Crippen LogP contribution in [-0.4, -0.2) is 6.21 Å². The van der Waals surface area contributed by atoms with E-state index in [1.165, 1.54) is 17.6 Å². The summed E-state index contributed by atoms with van der Waals surface area (Å²) in [6.45, 7) is 1.93. The number of thiophene rings is 1. The summed E-state index contributed by atoms with van der Waals surface area (Å²) in [5.74, 6) is -3.98. The molecule has 0 aliphatic rings. The minimum absolute atomic E-state index is 0.213. The van der Waals surface area contributed by atoms with Crippen molar-refractivity contribution in [2.75, 3.05) is 0 Å². The summed E-state index contributed by atoms with van der Waals surface area (Å²) < 4.78 is 38.8. The molecule has 0 spiro atoms. The third-order valence-electron chi connectivity index (χ3n) is 2.11. The maximum absolute atomic E-state index is 13.2. The molecule has 17 heavy (non-hydrogen) atoms. The van der Waals surface area contributed by atoms with E-state index in [0.29, 0.717) is 0 Å². The van der Waals surface area contributed by atoms with E-state index < -0.39 is 17.5 Å². The molecule has 1 nitrogen and oxygen atoms in total. The Hall–Kier alpha value is -1.62. The molecule has 1 aromatic heterocycles. The number of rotatable bonds is 2. The largest absolute Gasteiger partial charge is 0.252 e. The second-order valence-corrected chi connectivity index (χ2v) is 4.72. The molecule has 0 saturated heterocycles. The van der Waals surface area contributed by atoms with Gasteiger partial charge in [0.15, 0.2) is 17.5 Å². The highest BCUT2D eigenvalue weighted by atomic mass is 32.1.